The maximum absolute atomic E-state index is 13.8. The predicted molar refractivity (Wildman–Crippen MR) is 133 cm³/mol. The van der Waals surface area contributed by atoms with Crippen molar-refractivity contribution in [2.75, 3.05) is 26.3 Å². The van der Waals surface area contributed by atoms with Crippen molar-refractivity contribution in [3.05, 3.63) is 87.6 Å². The minimum Gasteiger partial charge on any atom is -0.493 e. The fourth-order valence-electron chi connectivity index (χ4n) is 5.38. The predicted octanol–water partition coefficient (Wildman–Crippen LogP) is 6.04. The van der Waals surface area contributed by atoms with E-state index in [0.29, 0.717) is 40.9 Å². The van der Waals surface area contributed by atoms with Crippen molar-refractivity contribution in [1.82, 2.24) is 0 Å². The van der Waals surface area contributed by atoms with Crippen LogP contribution in [-0.4, -0.2) is 26.8 Å². The number of carbonyl (C=O) groups is 1. The molecule has 1 N–H and O–H groups in total. The van der Waals surface area contributed by atoms with Crippen LogP contribution in [0.4, 0.5) is 5.69 Å². The summed E-state index contributed by atoms with van der Waals surface area (Å²) in [5.74, 6) is 2.51. The highest BCUT2D eigenvalue weighted by atomic mass is 35.5. The molecule has 0 fully saturated rings. The van der Waals surface area contributed by atoms with Gasteiger partial charge in [-0.1, -0.05) is 35.9 Å². The van der Waals surface area contributed by atoms with E-state index in [0.717, 1.165) is 33.6 Å². The Bertz CT molecular complexity index is 1380. The third-order valence-corrected chi connectivity index (χ3v) is 7.38. The molecular formula is C28H24ClNO5. The molecule has 0 saturated heterocycles. The Hall–Kier alpha value is -3.64. The quantitative estimate of drug-likeness (QED) is 0.481. The van der Waals surface area contributed by atoms with Crippen LogP contribution in [0.1, 0.15) is 41.4 Å². The molecule has 178 valence electrons. The SMILES string of the molecule is COc1ccc(C2CC(=O)C3=C(C2)Nc2cc4c(cc2C3c2ccccc2Cl)OCO4)cc1OC. The average Bonchev–Trinajstić information content (AvgIpc) is 3.33. The standard InChI is InChI=1S/C28H24ClNO5/c1-32-23-8-7-15(11-24(23)33-2)16-9-21-28(22(31)10-16)27(17-5-3-4-6-19(17)29)18-12-25-26(35-14-34-25)13-20(18)30-21/h3-8,11-13,16,27,30H,9-10,14H2,1-2H3. The summed E-state index contributed by atoms with van der Waals surface area (Å²) in [6.07, 6.45) is 1.09. The molecule has 2 heterocycles. The topological polar surface area (TPSA) is 66.0 Å². The summed E-state index contributed by atoms with van der Waals surface area (Å²) in [4.78, 5) is 13.8. The van der Waals surface area contributed by atoms with Gasteiger partial charge >= 0.3 is 0 Å². The normalized spacial score (nSPS) is 20.1. The molecule has 3 aromatic carbocycles. The summed E-state index contributed by atoms with van der Waals surface area (Å²) < 4.78 is 22.2. The second-order valence-corrected chi connectivity index (χ2v) is 9.31. The molecule has 0 radical (unpaired) electrons. The molecular weight excluding hydrogens is 466 g/mol. The van der Waals surface area contributed by atoms with Crippen molar-refractivity contribution in [2.45, 2.75) is 24.7 Å². The van der Waals surface area contributed by atoms with Gasteiger partial charge in [0.25, 0.3) is 0 Å². The van der Waals surface area contributed by atoms with Gasteiger partial charge in [-0.15, -0.1) is 0 Å². The van der Waals surface area contributed by atoms with Crippen LogP contribution < -0.4 is 24.3 Å². The van der Waals surface area contributed by atoms with E-state index in [-0.39, 0.29) is 24.4 Å². The van der Waals surface area contributed by atoms with Crippen LogP contribution in [0, 0.1) is 0 Å². The smallest absolute Gasteiger partial charge is 0.231 e. The molecule has 6 nitrogen and oxygen atoms in total. The number of Topliss-reactive ketones (excluding diaryl/α,β-unsaturated/α-hetero) is 1. The maximum atomic E-state index is 13.8. The van der Waals surface area contributed by atoms with Gasteiger partial charge < -0.3 is 24.3 Å². The van der Waals surface area contributed by atoms with E-state index < -0.39 is 0 Å². The molecule has 1 aliphatic carbocycles. The number of hydrogen-bond acceptors (Lipinski definition) is 6. The molecule has 2 aliphatic heterocycles. The minimum absolute atomic E-state index is 0.0102. The van der Waals surface area contributed by atoms with Crippen molar-refractivity contribution >= 4 is 23.1 Å². The lowest BCUT2D eigenvalue weighted by Crippen LogP contribution is -2.30. The lowest BCUT2D eigenvalue weighted by Gasteiger charge is -2.37. The molecule has 0 spiro atoms. The lowest BCUT2D eigenvalue weighted by molar-refractivity contribution is -0.116. The van der Waals surface area contributed by atoms with Crippen molar-refractivity contribution in [3.8, 4) is 23.0 Å². The molecule has 6 rings (SSSR count). The maximum Gasteiger partial charge on any atom is 0.231 e. The van der Waals surface area contributed by atoms with Gasteiger partial charge in [-0.3, -0.25) is 4.79 Å². The van der Waals surface area contributed by atoms with Crippen molar-refractivity contribution in [3.63, 3.8) is 0 Å². The molecule has 0 bridgehead atoms. The fourth-order valence-corrected chi connectivity index (χ4v) is 5.63. The molecule has 0 aromatic heterocycles. The Morgan fingerprint density at radius 1 is 0.914 bits per heavy atom. The number of ketones is 1. The summed E-state index contributed by atoms with van der Waals surface area (Å²) in [6.45, 7) is 0.183. The zero-order chi connectivity index (χ0) is 24.1. The summed E-state index contributed by atoms with van der Waals surface area (Å²) in [6, 6.07) is 17.5. The highest BCUT2D eigenvalue weighted by Gasteiger charge is 2.40. The third-order valence-electron chi connectivity index (χ3n) is 7.03. The number of fused-ring (bicyclic) bond motifs is 2. The summed E-state index contributed by atoms with van der Waals surface area (Å²) >= 11 is 6.67. The molecule has 0 amide bonds. The number of allylic oxidation sites excluding steroid dienone is 2. The zero-order valence-electron chi connectivity index (χ0n) is 19.4. The molecule has 2 atom stereocenters. The molecule has 35 heavy (non-hydrogen) atoms. The molecule has 3 aliphatic rings. The number of carbonyl (C=O) groups excluding carboxylic acids is 1. The van der Waals surface area contributed by atoms with Crippen LogP contribution in [0.3, 0.4) is 0 Å². The third kappa shape index (κ3) is 3.60. The van der Waals surface area contributed by atoms with Crippen LogP contribution >= 0.6 is 11.6 Å². The summed E-state index contributed by atoms with van der Waals surface area (Å²) in [7, 11) is 3.23. The molecule has 2 unspecified atom stereocenters. The molecule has 3 aromatic rings. The number of halogens is 1. The lowest BCUT2D eigenvalue weighted by atomic mass is 9.72. The number of nitrogens with one attached hydrogen (secondary N) is 1. The van der Waals surface area contributed by atoms with Crippen molar-refractivity contribution in [1.29, 1.82) is 0 Å². The number of anilines is 1. The van der Waals surface area contributed by atoms with Crippen LogP contribution in [0.25, 0.3) is 0 Å². The van der Waals surface area contributed by atoms with Gasteiger partial charge in [-0.05, 0) is 53.3 Å². The number of rotatable bonds is 4. The van der Waals surface area contributed by atoms with Gasteiger partial charge in [0.15, 0.2) is 28.8 Å². The van der Waals surface area contributed by atoms with Crippen LogP contribution in [-0.2, 0) is 4.79 Å². The van der Waals surface area contributed by atoms with E-state index in [4.69, 9.17) is 30.5 Å². The first-order chi connectivity index (χ1) is 17.1. The molecule has 7 heteroatoms. The van der Waals surface area contributed by atoms with Gasteiger partial charge in [-0.25, -0.2) is 0 Å². The highest BCUT2D eigenvalue weighted by molar-refractivity contribution is 6.31. The number of methoxy groups -OCH3 is 2. The monoisotopic (exact) mass is 489 g/mol. The van der Waals surface area contributed by atoms with Gasteiger partial charge in [0, 0.05) is 40.4 Å². The van der Waals surface area contributed by atoms with Gasteiger partial charge in [0.1, 0.15) is 0 Å². The minimum atomic E-state index is -0.289. The second kappa shape index (κ2) is 8.54. The summed E-state index contributed by atoms with van der Waals surface area (Å²) in [5, 5.41) is 4.18. The second-order valence-electron chi connectivity index (χ2n) is 8.91. The first-order valence-corrected chi connectivity index (χ1v) is 11.9. The van der Waals surface area contributed by atoms with E-state index in [1.807, 2.05) is 54.6 Å². The van der Waals surface area contributed by atoms with Crippen LogP contribution in [0.2, 0.25) is 5.02 Å². The number of benzene rings is 3. The highest BCUT2D eigenvalue weighted by Crippen LogP contribution is 2.52. The van der Waals surface area contributed by atoms with E-state index in [2.05, 4.69) is 5.32 Å². The van der Waals surface area contributed by atoms with Gasteiger partial charge in [-0.2, -0.15) is 0 Å². The Kier molecular flexibility index (Phi) is 5.33. The fraction of sp³-hybridized carbons (Fsp3) is 0.250. The Morgan fingerprint density at radius 3 is 2.46 bits per heavy atom. The van der Waals surface area contributed by atoms with E-state index in [1.54, 1.807) is 14.2 Å². The van der Waals surface area contributed by atoms with E-state index >= 15 is 0 Å². The van der Waals surface area contributed by atoms with Crippen LogP contribution in [0.15, 0.2) is 65.9 Å². The Morgan fingerprint density at radius 2 is 1.69 bits per heavy atom. The first-order valence-electron chi connectivity index (χ1n) is 11.5. The summed E-state index contributed by atoms with van der Waals surface area (Å²) in [5.41, 5.74) is 5.48. The van der Waals surface area contributed by atoms with Crippen LogP contribution in [0.5, 0.6) is 23.0 Å². The number of ether oxygens (including phenoxy) is 4. The number of hydrogen-bond donors (Lipinski definition) is 1. The van der Waals surface area contributed by atoms with Crippen molar-refractivity contribution < 1.29 is 23.7 Å². The first kappa shape index (κ1) is 21.9. The van der Waals surface area contributed by atoms with E-state index in [1.165, 1.54) is 0 Å². The zero-order valence-corrected chi connectivity index (χ0v) is 20.1. The Labute approximate surface area is 208 Å². The van der Waals surface area contributed by atoms with Crippen molar-refractivity contribution in [2.24, 2.45) is 0 Å². The largest absolute Gasteiger partial charge is 0.493 e. The average molecular weight is 490 g/mol. The van der Waals surface area contributed by atoms with Gasteiger partial charge in [0.05, 0.1) is 14.2 Å². The Balaban J connectivity index is 1.46. The molecule has 0 saturated carbocycles. The van der Waals surface area contributed by atoms with Gasteiger partial charge in [0.2, 0.25) is 6.79 Å². The van der Waals surface area contributed by atoms with E-state index in [9.17, 15) is 4.79 Å².